The smallest absolute Gasteiger partial charge is 0.165 e. The normalized spacial score (nSPS) is 10.9. The van der Waals surface area contributed by atoms with E-state index in [9.17, 15) is 0 Å². The van der Waals surface area contributed by atoms with Gasteiger partial charge in [-0.2, -0.15) is 5.10 Å². The lowest BCUT2D eigenvalue weighted by Crippen LogP contribution is -2.23. The molecule has 0 radical (unpaired) electrons. The Morgan fingerprint density at radius 1 is 1.31 bits per heavy atom. The van der Waals surface area contributed by atoms with Gasteiger partial charge < -0.3 is 10.6 Å². The Morgan fingerprint density at radius 3 is 2.62 bits per heavy atom. The van der Waals surface area contributed by atoms with Crippen molar-refractivity contribution in [3.8, 4) is 0 Å². The van der Waals surface area contributed by atoms with Gasteiger partial charge in [0.05, 0.1) is 0 Å². The summed E-state index contributed by atoms with van der Waals surface area (Å²) in [6.45, 7) is 5.95. The molecule has 2 heterocycles. The molecule has 0 bridgehead atoms. The second-order valence-electron chi connectivity index (χ2n) is 3.58. The van der Waals surface area contributed by atoms with E-state index < -0.39 is 0 Å². The molecule has 0 fully saturated rings. The van der Waals surface area contributed by atoms with Gasteiger partial charge >= 0.3 is 0 Å². The van der Waals surface area contributed by atoms with Crippen LogP contribution in [0, 0.1) is 0 Å². The highest BCUT2D eigenvalue weighted by molar-refractivity contribution is 5.96. The van der Waals surface area contributed by atoms with E-state index in [-0.39, 0.29) is 0 Å². The molecular weight excluding hydrogens is 204 g/mol. The third kappa shape index (κ3) is 1.46. The summed E-state index contributed by atoms with van der Waals surface area (Å²) in [7, 11) is 1.83. The lowest BCUT2D eigenvalue weighted by Gasteiger charge is -2.19. The highest BCUT2D eigenvalue weighted by Crippen LogP contribution is 2.26. The lowest BCUT2D eigenvalue weighted by molar-refractivity contribution is 0.789. The van der Waals surface area contributed by atoms with Gasteiger partial charge in [-0.25, -0.2) is 14.6 Å². The van der Waals surface area contributed by atoms with Crippen molar-refractivity contribution in [2.24, 2.45) is 7.05 Å². The van der Waals surface area contributed by atoms with Crippen LogP contribution in [0.3, 0.4) is 0 Å². The molecular formula is C10H16N6. The van der Waals surface area contributed by atoms with E-state index in [0.29, 0.717) is 5.82 Å². The molecule has 86 valence electrons. The van der Waals surface area contributed by atoms with Crippen molar-refractivity contribution in [3.63, 3.8) is 0 Å². The van der Waals surface area contributed by atoms with E-state index in [0.717, 1.165) is 29.9 Å². The Balaban J connectivity index is 2.69. The summed E-state index contributed by atoms with van der Waals surface area (Å²) < 4.78 is 1.68. The number of aryl methyl sites for hydroxylation is 1. The van der Waals surface area contributed by atoms with Crippen molar-refractivity contribution in [1.29, 1.82) is 0 Å². The van der Waals surface area contributed by atoms with E-state index in [4.69, 9.17) is 5.73 Å². The number of nitrogens with zero attached hydrogens (tertiary/aromatic N) is 5. The number of hydrogen-bond acceptors (Lipinski definition) is 5. The van der Waals surface area contributed by atoms with E-state index >= 15 is 0 Å². The van der Waals surface area contributed by atoms with Gasteiger partial charge in [-0.15, -0.1) is 0 Å². The predicted molar refractivity (Wildman–Crippen MR) is 64.3 cm³/mol. The molecule has 0 spiro atoms. The van der Waals surface area contributed by atoms with Crippen molar-refractivity contribution >= 4 is 22.7 Å². The van der Waals surface area contributed by atoms with Crippen LogP contribution in [-0.2, 0) is 7.05 Å². The molecule has 16 heavy (non-hydrogen) atoms. The second-order valence-corrected chi connectivity index (χ2v) is 3.58. The van der Waals surface area contributed by atoms with Crippen LogP contribution in [0.4, 0.5) is 11.6 Å². The van der Waals surface area contributed by atoms with E-state index in [1.807, 2.05) is 7.05 Å². The summed E-state index contributed by atoms with van der Waals surface area (Å²) in [5.74, 6) is 1.35. The topological polar surface area (TPSA) is 72.9 Å². The molecule has 0 aliphatic heterocycles. The summed E-state index contributed by atoms with van der Waals surface area (Å²) in [5.41, 5.74) is 6.66. The summed E-state index contributed by atoms with van der Waals surface area (Å²) in [6, 6.07) is 0. The van der Waals surface area contributed by atoms with Crippen molar-refractivity contribution in [2.75, 3.05) is 23.7 Å². The summed E-state index contributed by atoms with van der Waals surface area (Å²) in [6.07, 6.45) is 1.55. The van der Waals surface area contributed by atoms with Gasteiger partial charge in [0.1, 0.15) is 17.5 Å². The van der Waals surface area contributed by atoms with Crippen molar-refractivity contribution in [2.45, 2.75) is 13.8 Å². The Morgan fingerprint density at radius 2 is 2.00 bits per heavy atom. The largest absolute Gasteiger partial charge is 0.382 e. The number of rotatable bonds is 3. The third-order valence-electron chi connectivity index (χ3n) is 2.69. The molecule has 0 saturated carbocycles. The number of hydrogen-bond donors (Lipinski definition) is 1. The van der Waals surface area contributed by atoms with Crippen molar-refractivity contribution < 1.29 is 0 Å². The fraction of sp³-hybridized carbons (Fsp3) is 0.500. The molecule has 2 aromatic rings. The minimum Gasteiger partial charge on any atom is -0.382 e. The average Bonchev–Trinajstić information content (AvgIpc) is 2.57. The molecule has 2 aromatic heterocycles. The van der Waals surface area contributed by atoms with Gasteiger partial charge in [0, 0.05) is 20.1 Å². The minimum atomic E-state index is 0.486. The number of nitrogens with two attached hydrogens (primary N) is 1. The maximum Gasteiger partial charge on any atom is 0.165 e. The predicted octanol–water partition coefficient (Wildman–Crippen LogP) is 0.792. The zero-order valence-electron chi connectivity index (χ0n) is 9.80. The first-order chi connectivity index (χ1) is 7.69. The highest BCUT2D eigenvalue weighted by atomic mass is 15.3. The zero-order valence-corrected chi connectivity index (χ0v) is 9.80. The fourth-order valence-electron chi connectivity index (χ4n) is 1.86. The van der Waals surface area contributed by atoms with Crippen molar-refractivity contribution in [3.05, 3.63) is 6.33 Å². The first kappa shape index (κ1) is 10.7. The van der Waals surface area contributed by atoms with Crippen LogP contribution in [-0.4, -0.2) is 32.8 Å². The Kier molecular flexibility index (Phi) is 2.64. The Labute approximate surface area is 94.1 Å². The zero-order chi connectivity index (χ0) is 11.7. The number of aromatic nitrogens is 4. The molecule has 0 unspecified atom stereocenters. The maximum atomic E-state index is 5.89. The fourth-order valence-corrected chi connectivity index (χ4v) is 1.86. The summed E-state index contributed by atoms with van der Waals surface area (Å²) >= 11 is 0. The first-order valence-electron chi connectivity index (χ1n) is 5.37. The third-order valence-corrected chi connectivity index (χ3v) is 2.69. The molecule has 0 aliphatic carbocycles. The van der Waals surface area contributed by atoms with Crippen LogP contribution >= 0.6 is 0 Å². The van der Waals surface area contributed by atoms with Gasteiger partial charge in [-0.3, -0.25) is 0 Å². The van der Waals surface area contributed by atoms with Crippen molar-refractivity contribution in [1.82, 2.24) is 19.7 Å². The SMILES string of the molecule is CCN(CC)c1ncnc2c1c(N)nn2C. The standard InChI is InChI=1S/C10H16N6/c1-4-16(5-2)10-7-8(11)14-15(3)9(7)12-6-13-10/h6H,4-5H2,1-3H3,(H2,11,14). The molecule has 0 amide bonds. The Bertz CT molecular complexity index is 499. The quantitative estimate of drug-likeness (QED) is 0.828. The van der Waals surface area contributed by atoms with Gasteiger partial charge in [0.25, 0.3) is 0 Å². The van der Waals surface area contributed by atoms with Gasteiger partial charge in [-0.05, 0) is 13.8 Å². The van der Waals surface area contributed by atoms with Gasteiger partial charge in [0.15, 0.2) is 11.5 Å². The second kappa shape index (κ2) is 3.96. The molecule has 0 aliphatic rings. The number of anilines is 2. The van der Waals surface area contributed by atoms with E-state index in [1.165, 1.54) is 0 Å². The average molecular weight is 220 g/mol. The van der Waals surface area contributed by atoms with E-state index in [2.05, 4.69) is 33.8 Å². The molecule has 6 nitrogen and oxygen atoms in total. The summed E-state index contributed by atoms with van der Waals surface area (Å²) in [5, 5.41) is 5.01. The van der Waals surface area contributed by atoms with Crippen LogP contribution in [0.25, 0.3) is 11.0 Å². The molecule has 0 aromatic carbocycles. The maximum absolute atomic E-state index is 5.89. The van der Waals surface area contributed by atoms with Gasteiger partial charge in [0.2, 0.25) is 0 Å². The van der Waals surface area contributed by atoms with Crippen LogP contribution in [0.1, 0.15) is 13.8 Å². The first-order valence-corrected chi connectivity index (χ1v) is 5.37. The van der Waals surface area contributed by atoms with Crippen LogP contribution in [0.15, 0.2) is 6.33 Å². The molecule has 0 saturated heterocycles. The number of fused-ring (bicyclic) bond motifs is 1. The van der Waals surface area contributed by atoms with Crippen LogP contribution < -0.4 is 10.6 Å². The minimum absolute atomic E-state index is 0.486. The highest BCUT2D eigenvalue weighted by Gasteiger charge is 2.15. The van der Waals surface area contributed by atoms with Crippen LogP contribution in [0.5, 0.6) is 0 Å². The molecule has 0 atom stereocenters. The Hall–Kier alpha value is -1.85. The molecule has 2 rings (SSSR count). The molecule has 2 N–H and O–H groups in total. The molecule has 6 heteroatoms. The monoisotopic (exact) mass is 220 g/mol. The lowest BCUT2D eigenvalue weighted by atomic mass is 10.3. The van der Waals surface area contributed by atoms with Gasteiger partial charge in [-0.1, -0.05) is 0 Å². The van der Waals surface area contributed by atoms with Crippen LogP contribution in [0.2, 0.25) is 0 Å². The van der Waals surface area contributed by atoms with E-state index in [1.54, 1.807) is 11.0 Å². The number of nitrogen functional groups attached to an aromatic ring is 1. The summed E-state index contributed by atoms with van der Waals surface area (Å²) in [4.78, 5) is 10.6.